The maximum atomic E-state index is 11.6. The van der Waals surface area contributed by atoms with E-state index >= 15 is 0 Å². The zero-order valence-corrected chi connectivity index (χ0v) is 7.66. The van der Waals surface area contributed by atoms with Crippen molar-refractivity contribution in [1.29, 1.82) is 0 Å². The molecule has 0 unspecified atom stereocenters. The number of hydrogen-bond acceptors (Lipinski definition) is 3. The Hall–Kier alpha value is -0.850. The van der Waals surface area contributed by atoms with Crippen LogP contribution in [0.3, 0.4) is 0 Å². The van der Waals surface area contributed by atoms with Crippen molar-refractivity contribution in [2.75, 3.05) is 13.1 Å². The van der Waals surface area contributed by atoms with Gasteiger partial charge >= 0.3 is 0 Å². The lowest BCUT2D eigenvalue weighted by Crippen LogP contribution is -2.53. The van der Waals surface area contributed by atoms with Gasteiger partial charge in [-0.25, -0.2) is 8.42 Å². The van der Waals surface area contributed by atoms with Gasteiger partial charge in [0.15, 0.2) is 0 Å². The van der Waals surface area contributed by atoms with Crippen LogP contribution in [0.2, 0.25) is 0 Å². The van der Waals surface area contributed by atoms with Gasteiger partial charge in [0, 0.05) is 25.5 Å². The van der Waals surface area contributed by atoms with Gasteiger partial charge in [-0.05, 0) is 6.07 Å². The van der Waals surface area contributed by atoms with Crippen LogP contribution < -0.4 is 0 Å². The van der Waals surface area contributed by atoms with Crippen LogP contribution in [0.25, 0.3) is 0 Å². The molecule has 6 heteroatoms. The second-order valence-corrected chi connectivity index (χ2v) is 4.96. The van der Waals surface area contributed by atoms with E-state index in [-0.39, 0.29) is 18.0 Å². The first-order valence-electron chi connectivity index (χ1n) is 3.92. The minimum Gasteiger partial charge on any atom is -0.390 e. The minimum absolute atomic E-state index is 0.202. The number of sulfonamides is 1. The maximum Gasteiger partial charge on any atom is 0.244 e. The molecule has 2 rings (SSSR count). The van der Waals surface area contributed by atoms with Gasteiger partial charge in [-0.1, -0.05) is 0 Å². The second kappa shape index (κ2) is 2.83. The van der Waals surface area contributed by atoms with Gasteiger partial charge in [0.2, 0.25) is 10.0 Å². The molecule has 0 atom stereocenters. The fraction of sp³-hybridized carbons (Fsp3) is 0.429. The highest BCUT2D eigenvalue weighted by molar-refractivity contribution is 7.89. The van der Waals surface area contributed by atoms with Crippen molar-refractivity contribution in [1.82, 2.24) is 9.29 Å². The number of aliphatic hydroxyl groups excluding tert-OH is 1. The Morgan fingerprint density at radius 1 is 1.54 bits per heavy atom. The number of β-amino-alcohol motifs (C(OH)–C–C–N with tert-alkyl or cyclic N) is 1. The molecule has 1 aliphatic rings. The molecule has 1 aromatic heterocycles. The van der Waals surface area contributed by atoms with Crippen LogP contribution >= 0.6 is 0 Å². The van der Waals surface area contributed by atoms with Crippen molar-refractivity contribution in [3.8, 4) is 0 Å². The summed E-state index contributed by atoms with van der Waals surface area (Å²) in [6.45, 7) is 0.404. The summed E-state index contributed by atoms with van der Waals surface area (Å²) in [5.41, 5.74) is 0. The lowest BCUT2D eigenvalue weighted by Gasteiger charge is -2.34. The Bertz CT molecular complexity index is 378. The molecule has 5 nitrogen and oxygen atoms in total. The fourth-order valence-electron chi connectivity index (χ4n) is 1.23. The molecule has 1 fully saturated rings. The van der Waals surface area contributed by atoms with Crippen molar-refractivity contribution >= 4 is 10.0 Å². The average molecular weight is 202 g/mol. The predicted octanol–water partition coefficient (Wildman–Crippen LogP) is -0.620. The van der Waals surface area contributed by atoms with Gasteiger partial charge in [-0.2, -0.15) is 4.31 Å². The van der Waals surface area contributed by atoms with Gasteiger partial charge in [-0.15, -0.1) is 0 Å². The van der Waals surface area contributed by atoms with Crippen LogP contribution in [0.15, 0.2) is 23.4 Å². The summed E-state index contributed by atoms with van der Waals surface area (Å²) >= 11 is 0. The van der Waals surface area contributed by atoms with Crippen LogP contribution in [-0.4, -0.2) is 42.0 Å². The number of nitrogens with zero attached hydrogens (tertiary/aromatic N) is 1. The van der Waals surface area contributed by atoms with Crippen molar-refractivity contribution in [2.45, 2.75) is 11.0 Å². The smallest absolute Gasteiger partial charge is 0.244 e. The third-order valence-electron chi connectivity index (χ3n) is 2.04. The Labute approximate surface area is 76.0 Å². The molecular weight excluding hydrogens is 192 g/mol. The van der Waals surface area contributed by atoms with Gasteiger partial charge in [-0.3, -0.25) is 0 Å². The van der Waals surface area contributed by atoms with Crippen LogP contribution in [0.5, 0.6) is 0 Å². The van der Waals surface area contributed by atoms with E-state index in [2.05, 4.69) is 4.98 Å². The molecule has 72 valence electrons. The molecule has 0 bridgehead atoms. The third kappa shape index (κ3) is 1.37. The van der Waals surface area contributed by atoms with Crippen LogP contribution in [0.4, 0.5) is 0 Å². The normalized spacial score (nSPS) is 20.1. The molecule has 0 aromatic carbocycles. The SMILES string of the molecule is O=S(=O)(c1cc[nH]c1)N1CC(O)C1. The monoisotopic (exact) mass is 202 g/mol. The van der Waals surface area contributed by atoms with E-state index in [0.717, 1.165) is 0 Å². The van der Waals surface area contributed by atoms with Crippen molar-refractivity contribution < 1.29 is 13.5 Å². The van der Waals surface area contributed by atoms with E-state index in [1.54, 1.807) is 6.20 Å². The molecule has 2 heterocycles. The summed E-state index contributed by atoms with van der Waals surface area (Å²) < 4.78 is 24.5. The molecule has 1 aliphatic heterocycles. The molecule has 1 aromatic rings. The summed E-state index contributed by atoms with van der Waals surface area (Å²) in [5, 5.41) is 8.97. The highest BCUT2D eigenvalue weighted by Gasteiger charge is 2.35. The maximum absolute atomic E-state index is 11.6. The number of nitrogens with one attached hydrogen (secondary N) is 1. The topological polar surface area (TPSA) is 73.4 Å². The van der Waals surface area contributed by atoms with E-state index in [1.807, 2.05) is 0 Å². The van der Waals surface area contributed by atoms with Gasteiger partial charge in [0.05, 0.1) is 11.0 Å². The summed E-state index contributed by atoms with van der Waals surface area (Å²) in [5.74, 6) is 0. The predicted molar refractivity (Wildman–Crippen MR) is 45.6 cm³/mol. The summed E-state index contributed by atoms with van der Waals surface area (Å²) in [6, 6.07) is 1.50. The first-order valence-corrected chi connectivity index (χ1v) is 5.36. The molecule has 0 saturated carbocycles. The third-order valence-corrected chi connectivity index (χ3v) is 3.86. The molecule has 1 saturated heterocycles. The molecule has 0 spiro atoms. The summed E-state index contributed by atoms with van der Waals surface area (Å²) in [6.07, 6.45) is 2.48. The summed E-state index contributed by atoms with van der Waals surface area (Å²) in [7, 11) is -3.35. The molecule has 0 amide bonds. The van der Waals surface area contributed by atoms with Crippen LogP contribution in [-0.2, 0) is 10.0 Å². The number of hydrogen-bond donors (Lipinski definition) is 2. The highest BCUT2D eigenvalue weighted by Crippen LogP contribution is 2.20. The Morgan fingerprint density at radius 3 is 2.69 bits per heavy atom. The van der Waals surface area contributed by atoms with E-state index < -0.39 is 16.1 Å². The average Bonchev–Trinajstić information content (AvgIpc) is 2.50. The Balaban J connectivity index is 2.23. The minimum atomic E-state index is -3.35. The first-order chi connectivity index (χ1) is 6.10. The number of H-pyrrole nitrogens is 1. The lowest BCUT2D eigenvalue weighted by molar-refractivity contribution is 0.0548. The Morgan fingerprint density at radius 2 is 2.23 bits per heavy atom. The number of aromatic amines is 1. The van der Waals surface area contributed by atoms with Gasteiger partial charge in [0.1, 0.15) is 0 Å². The van der Waals surface area contributed by atoms with E-state index in [9.17, 15) is 8.42 Å². The molecular formula is C7H10N2O3S. The second-order valence-electron chi connectivity index (χ2n) is 3.02. The largest absolute Gasteiger partial charge is 0.390 e. The zero-order valence-electron chi connectivity index (χ0n) is 6.84. The number of aromatic nitrogens is 1. The highest BCUT2D eigenvalue weighted by atomic mass is 32.2. The quantitative estimate of drug-likeness (QED) is 0.671. The fourth-order valence-corrected chi connectivity index (χ4v) is 2.72. The summed E-state index contributed by atoms with van der Waals surface area (Å²) in [4.78, 5) is 2.93. The number of rotatable bonds is 2. The molecule has 0 aliphatic carbocycles. The zero-order chi connectivity index (χ0) is 9.47. The number of aliphatic hydroxyl groups is 1. The molecule has 0 radical (unpaired) electrons. The van der Waals surface area contributed by atoms with Crippen LogP contribution in [0.1, 0.15) is 0 Å². The van der Waals surface area contributed by atoms with Gasteiger partial charge in [0.25, 0.3) is 0 Å². The molecule has 13 heavy (non-hydrogen) atoms. The molecule has 2 N–H and O–H groups in total. The Kier molecular flexibility index (Phi) is 1.90. The van der Waals surface area contributed by atoms with E-state index in [1.165, 1.54) is 16.6 Å². The standard InChI is InChI=1S/C7H10N2O3S/c10-6-4-9(5-6)13(11,12)7-1-2-8-3-7/h1-3,6,8,10H,4-5H2. The van der Waals surface area contributed by atoms with Crippen molar-refractivity contribution in [3.05, 3.63) is 18.5 Å². The van der Waals surface area contributed by atoms with Crippen LogP contribution in [0, 0.1) is 0 Å². The van der Waals surface area contributed by atoms with E-state index in [4.69, 9.17) is 5.11 Å². The van der Waals surface area contributed by atoms with E-state index in [0.29, 0.717) is 0 Å². The van der Waals surface area contributed by atoms with Crippen molar-refractivity contribution in [3.63, 3.8) is 0 Å². The van der Waals surface area contributed by atoms with Gasteiger partial charge < -0.3 is 10.1 Å². The lowest BCUT2D eigenvalue weighted by atomic mass is 10.2. The van der Waals surface area contributed by atoms with Crippen molar-refractivity contribution in [2.24, 2.45) is 0 Å². The first kappa shape index (κ1) is 8.74.